The molecule has 0 fully saturated rings. The van der Waals surface area contributed by atoms with Gasteiger partial charge in [-0.25, -0.2) is 0 Å². The van der Waals surface area contributed by atoms with Crippen LogP contribution in [0.1, 0.15) is 11.1 Å². The maximum Gasteiger partial charge on any atom is 0.262 e. The van der Waals surface area contributed by atoms with E-state index in [4.69, 9.17) is 16.3 Å². The normalized spacial score (nSPS) is 10.3. The van der Waals surface area contributed by atoms with E-state index in [1.165, 1.54) is 0 Å². The van der Waals surface area contributed by atoms with Crippen molar-refractivity contribution < 1.29 is 9.53 Å². The average molecular weight is 369 g/mol. The zero-order valence-electron chi connectivity index (χ0n) is 11.7. The Morgan fingerprint density at radius 3 is 2.62 bits per heavy atom. The summed E-state index contributed by atoms with van der Waals surface area (Å²) in [5, 5.41) is 3.45. The Morgan fingerprint density at radius 1 is 1.19 bits per heavy atom. The quantitative estimate of drug-likeness (QED) is 0.846. The van der Waals surface area contributed by atoms with Crippen LogP contribution in [-0.2, 0) is 4.79 Å². The predicted octanol–water partition coefficient (Wildman–Crippen LogP) is 4.74. The second-order valence-corrected chi connectivity index (χ2v) is 6.06. The Balaban J connectivity index is 1.96. The third kappa shape index (κ3) is 4.48. The molecule has 0 radical (unpaired) electrons. The van der Waals surface area contributed by atoms with E-state index in [1.807, 2.05) is 32.0 Å². The van der Waals surface area contributed by atoms with E-state index in [9.17, 15) is 4.79 Å². The lowest BCUT2D eigenvalue weighted by Gasteiger charge is -2.11. The molecule has 0 aliphatic heterocycles. The van der Waals surface area contributed by atoms with Crippen molar-refractivity contribution >= 4 is 39.1 Å². The first-order valence-corrected chi connectivity index (χ1v) is 7.58. The van der Waals surface area contributed by atoms with Gasteiger partial charge in [0.2, 0.25) is 0 Å². The highest BCUT2D eigenvalue weighted by Crippen LogP contribution is 2.22. The zero-order valence-corrected chi connectivity index (χ0v) is 14.1. The molecule has 0 atom stereocenters. The van der Waals surface area contributed by atoms with Crippen LogP contribution in [0.25, 0.3) is 0 Å². The molecule has 1 N–H and O–H groups in total. The smallest absolute Gasteiger partial charge is 0.262 e. The fourth-order valence-electron chi connectivity index (χ4n) is 1.87. The number of hydrogen-bond donors (Lipinski definition) is 1. The molecular formula is C16H15BrClNO2. The molecule has 3 nitrogen and oxygen atoms in total. The Morgan fingerprint density at radius 2 is 1.95 bits per heavy atom. The number of nitrogens with one attached hydrogen (secondary N) is 1. The Labute approximate surface area is 137 Å². The van der Waals surface area contributed by atoms with Crippen LogP contribution in [0.5, 0.6) is 5.75 Å². The molecule has 0 saturated heterocycles. The molecule has 0 aromatic heterocycles. The monoisotopic (exact) mass is 367 g/mol. The van der Waals surface area contributed by atoms with Crippen LogP contribution in [0.2, 0.25) is 5.02 Å². The number of hydrogen-bond acceptors (Lipinski definition) is 2. The van der Waals surface area contributed by atoms with Gasteiger partial charge in [-0.05, 0) is 61.4 Å². The summed E-state index contributed by atoms with van der Waals surface area (Å²) < 4.78 is 6.51. The van der Waals surface area contributed by atoms with E-state index in [0.29, 0.717) is 10.8 Å². The molecule has 0 heterocycles. The van der Waals surface area contributed by atoms with Crippen molar-refractivity contribution in [1.29, 1.82) is 0 Å². The molecule has 1 amide bonds. The van der Waals surface area contributed by atoms with Gasteiger partial charge in [0.25, 0.3) is 5.91 Å². The third-order valence-electron chi connectivity index (χ3n) is 2.96. The molecule has 0 aliphatic carbocycles. The van der Waals surface area contributed by atoms with Gasteiger partial charge < -0.3 is 10.1 Å². The average Bonchev–Trinajstić information content (AvgIpc) is 2.41. The van der Waals surface area contributed by atoms with E-state index < -0.39 is 0 Å². The van der Waals surface area contributed by atoms with Crippen LogP contribution < -0.4 is 10.1 Å². The number of amides is 1. The van der Waals surface area contributed by atoms with Crippen LogP contribution in [0.15, 0.2) is 40.9 Å². The van der Waals surface area contributed by atoms with Gasteiger partial charge in [-0.3, -0.25) is 4.79 Å². The summed E-state index contributed by atoms with van der Waals surface area (Å²) >= 11 is 9.27. The number of rotatable bonds is 4. The molecule has 21 heavy (non-hydrogen) atoms. The molecular weight excluding hydrogens is 354 g/mol. The SMILES string of the molecule is Cc1cc(Cl)ccc1NC(=O)COc1ccc(Br)cc1C. The topological polar surface area (TPSA) is 38.3 Å². The van der Waals surface area contributed by atoms with Gasteiger partial charge in [0.15, 0.2) is 6.61 Å². The second-order valence-electron chi connectivity index (χ2n) is 4.71. The summed E-state index contributed by atoms with van der Waals surface area (Å²) in [5.74, 6) is 0.490. The standard InChI is InChI=1S/C16H15BrClNO2/c1-10-8-13(18)4-5-14(10)19-16(20)9-21-15-6-3-12(17)7-11(15)2/h3-8H,9H2,1-2H3,(H,19,20). The van der Waals surface area contributed by atoms with E-state index in [-0.39, 0.29) is 12.5 Å². The van der Waals surface area contributed by atoms with E-state index in [1.54, 1.807) is 18.2 Å². The Hall–Kier alpha value is -1.52. The molecule has 2 aromatic carbocycles. The zero-order chi connectivity index (χ0) is 15.4. The minimum absolute atomic E-state index is 0.0372. The lowest BCUT2D eigenvalue weighted by Crippen LogP contribution is -2.20. The van der Waals surface area contributed by atoms with Crippen LogP contribution >= 0.6 is 27.5 Å². The Bertz CT molecular complexity index is 673. The van der Waals surface area contributed by atoms with Crippen LogP contribution in [0.3, 0.4) is 0 Å². The highest BCUT2D eigenvalue weighted by molar-refractivity contribution is 9.10. The summed E-state index contributed by atoms with van der Waals surface area (Å²) in [6.07, 6.45) is 0. The number of aryl methyl sites for hydroxylation is 2. The molecule has 0 spiro atoms. The minimum Gasteiger partial charge on any atom is -0.483 e. The minimum atomic E-state index is -0.206. The number of carbonyl (C=O) groups is 1. The highest BCUT2D eigenvalue weighted by atomic mass is 79.9. The van der Waals surface area contributed by atoms with Crippen molar-refractivity contribution in [2.45, 2.75) is 13.8 Å². The first kappa shape index (κ1) is 15.9. The van der Waals surface area contributed by atoms with Crippen LogP contribution in [0.4, 0.5) is 5.69 Å². The fraction of sp³-hybridized carbons (Fsp3) is 0.188. The number of halogens is 2. The molecule has 0 unspecified atom stereocenters. The lowest BCUT2D eigenvalue weighted by molar-refractivity contribution is -0.118. The number of carbonyl (C=O) groups excluding carboxylic acids is 1. The van der Waals surface area contributed by atoms with E-state index >= 15 is 0 Å². The molecule has 2 rings (SSSR count). The summed E-state index contributed by atoms with van der Waals surface area (Å²) in [5.41, 5.74) is 2.62. The number of benzene rings is 2. The molecule has 0 saturated carbocycles. The fourth-order valence-corrected chi connectivity index (χ4v) is 2.57. The van der Waals surface area contributed by atoms with Crippen LogP contribution in [0, 0.1) is 13.8 Å². The van der Waals surface area contributed by atoms with Crippen LogP contribution in [-0.4, -0.2) is 12.5 Å². The first-order chi connectivity index (χ1) is 9.95. The van der Waals surface area contributed by atoms with E-state index in [2.05, 4.69) is 21.2 Å². The number of ether oxygens (including phenoxy) is 1. The predicted molar refractivity (Wildman–Crippen MR) is 89.2 cm³/mol. The second kappa shape index (κ2) is 6.96. The maximum atomic E-state index is 11.9. The lowest BCUT2D eigenvalue weighted by atomic mass is 10.2. The molecule has 0 aliphatic rings. The Kier molecular flexibility index (Phi) is 5.26. The van der Waals surface area contributed by atoms with E-state index in [0.717, 1.165) is 21.3 Å². The summed E-state index contributed by atoms with van der Waals surface area (Å²) in [6.45, 7) is 3.78. The van der Waals surface area contributed by atoms with Gasteiger partial charge in [-0.1, -0.05) is 27.5 Å². The summed E-state index contributed by atoms with van der Waals surface area (Å²) in [6, 6.07) is 11.0. The van der Waals surface area contributed by atoms with Crippen molar-refractivity contribution in [3.63, 3.8) is 0 Å². The largest absolute Gasteiger partial charge is 0.483 e. The first-order valence-electron chi connectivity index (χ1n) is 6.40. The molecule has 2 aromatic rings. The van der Waals surface area contributed by atoms with Crippen molar-refractivity contribution in [1.82, 2.24) is 0 Å². The van der Waals surface area contributed by atoms with Crippen molar-refractivity contribution in [2.24, 2.45) is 0 Å². The van der Waals surface area contributed by atoms with Crippen molar-refractivity contribution in [3.05, 3.63) is 57.0 Å². The van der Waals surface area contributed by atoms with Gasteiger partial charge in [0.1, 0.15) is 5.75 Å². The molecule has 5 heteroatoms. The summed E-state index contributed by atoms with van der Waals surface area (Å²) in [7, 11) is 0. The summed E-state index contributed by atoms with van der Waals surface area (Å²) in [4.78, 5) is 11.9. The van der Waals surface area contributed by atoms with Gasteiger partial charge in [-0.2, -0.15) is 0 Å². The highest BCUT2D eigenvalue weighted by Gasteiger charge is 2.07. The van der Waals surface area contributed by atoms with Gasteiger partial charge in [0, 0.05) is 15.2 Å². The van der Waals surface area contributed by atoms with Gasteiger partial charge >= 0.3 is 0 Å². The molecule has 0 bridgehead atoms. The van der Waals surface area contributed by atoms with Crippen molar-refractivity contribution in [2.75, 3.05) is 11.9 Å². The van der Waals surface area contributed by atoms with Crippen molar-refractivity contribution in [3.8, 4) is 5.75 Å². The third-order valence-corrected chi connectivity index (χ3v) is 3.69. The number of anilines is 1. The maximum absolute atomic E-state index is 11.9. The van der Waals surface area contributed by atoms with Gasteiger partial charge in [0.05, 0.1) is 0 Å². The molecule has 110 valence electrons. The van der Waals surface area contributed by atoms with Gasteiger partial charge in [-0.15, -0.1) is 0 Å².